The van der Waals surface area contributed by atoms with Crippen LogP contribution in [0.5, 0.6) is 0 Å². The molecule has 3 atom stereocenters. The molecule has 2 rings (SSSR count). The maximum atomic E-state index is 12.4. The number of halogens is 3. The lowest BCUT2D eigenvalue weighted by molar-refractivity contribution is -0.157. The second-order valence-corrected chi connectivity index (χ2v) is 6.56. The van der Waals surface area contributed by atoms with E-state index in [1.165, 1.54) is 0 Å². The molecular weight excluding hydrogens is 301 g/mol. The summed E-state index contributed by atoms with van der Waals surface area (Å²) in [5, 5.41) is 12.3. The number of alkyl halides is 3. The van der Waals surface area contributed by atoms with E-state index in [0.717, 1.165) is 19.3 Å². The summed E-state index contributed by atoms with van der Waals surface area (Å²) in [6, 6.07) is -0.197. The normalized spacial score (nSPS) is 32.6. The van der Waals surface area contributed by atoms with E-state index < -0.39 is 35.9 Å². The lowest BCUT2D eigenvalue weighted by Gasteiger charge is -2.30. The van der Waals surface area contributed by atoms with E-state index in [-0.39, 0.29) is 25.6 Å². The van der Waals surface area contributed by atoms with Gasteiger partial charge in [0.25, 0.3) is 0 Å². The summed E-state index contributed by atoms with van der Waals surface area (Å²) in [6.45, 7) is 0.308. The van der Waals surface area contributed by atoms with Crippen LogP contribution in [0.2, 0.25) is 0 Å². The van der Waals surface area contributed by atoms with Crippen molar-refractivity contribution in [2.75, 3.05) is 19.7 Å². The van der Waals surface area contributed by atoms with Crippen molar-refractivity contribution >= 4 is 11.8 Å². The molecule has 2 N–H and O–H groups in total. The zero-order valence-corrected chi connectivity index (χ0v) is 12.4. The van der Waals surface area contributed by atoms with E-state index in [1.807, 2.05) is 6.92 Å². The van der Waals surface area contributed by atoms with Crippen molar-refractivity contribution in [2.45, 2.75) is 44.8 Å². The number of nitrogens with zero attached hydrogens (tertiary/aromatic N) is 1. The Labute approximate surface area is 126 Å². The molecule has 0 radical (unpaired) electrons. The first-order valence-corrected chi connectivity index (χ1v) is 7.40. The second kappa shape index (κ2) is 6.06. The Morgan fingerprint density at radius 1 is 1.50 bits per heavy atom. The van der Waals surface area contributed by atoms with E-state index in [2.05, 4.69) is 5.32 Å². The molecule has 1 saturated heterocycles. The topological polar surface area (TPSA) is 69.6 Å². The minimum absolute atomic E-state index is 0.0538. The van der Waals surface area contributed by atoms with Crippen molar-refractivity contribution in [2.24, 2.45) is 11.3 Å². The van der Waals surface area contributed by atoms with Gasteiger partial charge in [0.2, 0.25) is 11.8 Å². The fraction of sp³-hybridized carbons (Fsp3) is 0.857. The molecule has 5 nitrogen and oxygen atoms in total. The summed E-state index contributed by atoms with van der Waals surface area (Å²) >= 11 is 0. The molecule has 8 heteroatoms. The predicted octanol–water partition coefficient (Wildman–Crippen LogP) is 1.06. The van der Waals surface area contributed by atoms with Crippen LogP contribution in [-0.4, -0.2) is 53.7 Å². The molecule has 0 bridgehead atoms. The van der Waals surface area contributed by atoms with Gasteiger partial charge >= 0.3 is 6.18 Å². The van der Waals surface area contributed by atoms with Crippen LogP contribution in [0.3, 0.4) is 0 Å². The number of aliphatic hydroxyl groups excluding tert-OH is 1. The SMILES string of the molecule is CC1(CO)CCCC1NC(=O)C1CC(=O)N(CC(F)(F)F)C1. The van der Waals surface area contributed by atoms with E-state index in [4.69, 9.17) is 0 Å². The monoisotopic (exact) mass is 322 g/mol. The van der Waals surface area contributed by atoms with Crippen molar-refractivity contribution < 1.29 is 27.9 Å². The van der Waals surface area contributed by atoms with Crippen molar-refractivity contribution in [1.29, 1.82) is 0 Å². The van der Waals surface area contributed by atoms with Gasteiger partial charge in [-0.2, -0.15) is 13.2 Å². The number of nitrogens with one attached hydrogen (secondary N) is 1. The lowest BCUT2D eigenvalue weighted by Crippen LogP contribution is -2.47. The Hall–Kier alpha value is -1.31. The van der Waals surface area contributed by atoms with Crippen LogP contribution in [0.25, 0.3) is 0 Å². The van der Waals surface area contributed by atoms with Gasteiger partial charge in [-0.05, 0) is 12.8 Å². The molecule has 0 aromatic rings. The van der Waals surface area contributed by atoms with Gasteiger partial charge in [-0.1, -0.05) is 13.3 Å². The number of amides is 2. The summed E-state index contributed by atoms with van der Waals surface area (Å²) in [7, 11) is 0. The van der Waals surface area contributed by atoms with Gasteiger partial charge in [-0.3, -0.25) is 9.59 Å². The van der Waals surface area contributed by atoms with E-state index >= 15 is 0 Å². The van der Waals surface area contributed by atoms with Crippen LogP contribution in [0.1, 0.15) is 32.6 Å². The van der Waals surface area contributed by atoms with Gasteiger partial charge < -0.3 is 15.3 Å². The smallest absolute Gasteiger partial charge is 0.396 e. The first kappa shape index (κ1) is 17.1. The molecule has 22 heavy (non-hydrogen) atoms. The highest BCUT2D eigenvalue weighted by Gasteiger charge is 2.43. The van der Waals surface area contributed by atoms with E-state index in [9.17, 15) is 27.9 Å². The largest absolute Gasteiger partial charge is 0.406 e. The van der Waals surface area contributed by atoms with E-state index in [1.54, 1.807) is 0 Å². The molecule has 0 spiro atoms. The summed E-state index contributed by atoms with van der Waals surface area (Å²) in [4.78, 5) is 24.5. The molecule has 0 aromatic carbocycles. The fourth-order valence-corrected chi connectivity index (χ4v) is 3.27. The second-order valence-electron chi connectivity index (χ2n) is 6.56. The standard InChI is InChI=1S/C14H21F3N2O3/c1-13(8-20)4-2-3-10(13)18-12(22)9-5-11(21)19(6-9)7-14(15,16)17/h9-10,20H,2-8H2,1H3,(H,18,22). The molecular formula is C14H21F3N2O3. The van der Waals surface area contributed by atoms with Crippen LogP contribution in [-0.2, 0) is 9.59 Å². The quantitative estimate of drug-likeness (QED) is 0.813. The average Bonchev–Trinajstić information content (AvgIpc) is 2.94. The van der Waals surface area contributed by atoms with Crippen LogP contribution < -0.4 is 5.32 Å². The van der Waals surface area contributed by atoms with E-state index in [0.29, 0.717) is 4.90 Å². The summed E-state index contributed by atoms with van der Waals surface area (Å²) < 4.78 is 37.1. The highest BCUT2D eigenvalue weighted by molar-refractivity contribution is 5.89. The van der Waals surface area contributed by atoms with Crippen LogP contribution >= 0.6 is 0 Å². The Kier molecular flexibility index (Phi) is 4.70. The summed E-state index contributed by atoms with van der Waals surface area (Å²) in [5.74, 6) is -1.79. The van der Waals surface area contributed by atoms with Gasteiger partial charge in [-0.15, -0.1) is 0 Å². The molecule has 1 aliphatic carbocycles. The first-order valence-electron chi connectivity index (χ1n) is 7.40. The molecule has 3 unspecified atom stereocenters. The maximum Gasteiger partial charge on any atom is 0.406 e. The molecule has 2 aliphatic rings. The third-order valence-corrected chi connectivity index (χ3v) is 4.72. The fourth-order valence-electron chi connectivity index (χ4n) is 3.27. The van der Waals surface area contributed by atoms with Crippen molar-refractivity contribution in [3.05, 3.63) is 0 Å². The third kappa shape index (κ3) is 3.71. The van der Waals surface area contributed by atoms with Crippen molar-refractivity contribution in [3.8, 4) is 0 Å². The number of likely N-dealkylation sites (tertiary alicyclic amines) is 1. The van der Waals surface area contributed by atoms with Gasteiger partial charge in [0.1, 0.15) is 6.54 Å². The molecule has 2 fully saturated rings. The summed E-state index contributed by atoms with van der Waals surface area (Å²) in [5.41, 5.74) is -0.399. The number of carbonyl (C=O) groups is 2. The van der Waals surface area contributed by atoms with Crippen LogP contribution in [0, 0.1) is 11.3 Å². The van der Waals surface area contributed by atoms with Gasteiger partial charge in [0.15, 0.2) is 0 Å². The minimum Gasteiger partial charge on any atom is -0.396 e. The number of hydrogen-bond donors (Lipinski definition) is 2. The highest BCUT2D eigenvalue weighted by atomic mass is 19.4. The molecule has 0 aromatic heterocycles. The average molecular weight is 322 g/mol. The third-order valence-electron chi connectivity index (χ3n) is 4.72. The maximum absolute atomic E-state index is 12.4. The van der Waals surface area contributed by atoms with Crippen molar-refractivity contribution in [1.82, 2.24) is 10.2 Å². The lowest BCUT2D eigenvalue weighted by atomic mass is 9.85. The number of hydrogen-bond acceptors (Lipinski definition) is 3. The van der Waals surface area contributed by atoms with Crippen LogP contribution in [0.4, 0.5) is 13.2 Å². The number of carbonyl (C=O) groups excluding carboxylic acids is 2. The summed E-state index contributed by atoms with van der Waals surface area (Å²) in [6.07, 6.45) is -2.24. The highest BCUT2D eigenvalue weighted by Crippen LogP contribution is 2.37. The Morgan fingerprint density at radius 2 is 2.18 bits per heavy atom. The molecule has 2 amide bonds. The number of rotatable bonds is 4. The Bertz CT molecular complexity index is 455. The Balaban J connectivity index is 1.93. The van der Waals surface area contributed by atoms with Crippen LogP contribution in [0.15, 0.2) is 0 Å². The van der Waals surface area contributed by atoms with Gasteiger partial charge in [-0.25, -0.2) is 0 Å². The van der Waals surface area contributed by atoms with Gasteiger partial charge in [0, 0.05) is 24.4 Å². The predicted molar refractivity (Wildman–Crippen MR) is 71.7 cm³/mol. The molecule has 1 saturated carbocycles. The minimum atomic E-state index is -4.46. The zero-order chi connectivity index (χ0) is 16.5. The molecule has 1 aliphatic heterocycles. The first-order chi connectivity index (χ1) is 10.1. The molecule has 126 valence electrons. The number of aliphatic hydroxyl groups is 1. The zero-order valence-electron chi connectivity index (χ0n) is 12.4. The molecule has 1 heterocycles. The Morgan fingerprint density at radius 3 is 2.77 bits per heavy atom. The van der Waals surface area contributed by atoms with Gasteiger partial charge in [0.05, 0.1) is 12.5 Å². The van der Waals surface area contributed by atoms with Crippen molar-refractivity contribution in [3.63, 3.8) is 0 Å².